The third-order valence-corrected chi connectivity index (χ3v) is 3.59. The third kappa shape index (κ3) is 4.72. The van der Waals surface area contributed by atoms with Crippen molar-refractivity contribution in [2.75, 3.05) is 6.61 Å². The Hall–Kier alpha value is -1.20. The van der Waals surface area contributed by atoms with E-state index in [2.05, 4.69) is 10.1 Å². The molecular formula is C15H21F2NO2. The van der Waals surface area contributed by atoms with Crippen LogP contribution in [-0.2, 0) is 6.42 Å². The summed E-state index contributed by atoms with van der Waals surface area (Å²) in [7, 11) is 0. The summed E-state index contributed by atoms with van der Waals surface area (Å²) in [4.78, 5) is 0. The summed E-state index contributed by atoms with van der Waals surface area (Å²) in [5.41, 5.74) is 0.767. The van der Waals surface area contributed by atoms with Crippen LogP contribution in [0.15, 0.2) is 24.3 Å². The van der Waals surface area contributed by atoms with Crippen LogP contribution in [0.4, 0.5) is 8.78 Å². The van der Waals surface area contributed by atoms with Crippen LogP contribution < -0.4 is 10.1 Å². The second-order valence-corrected chi connectivity index (χ2v) is 5.66. The molecule has 0 amide bonds. The lowest BCUT2D eigenvalue weighted by Crippen LogP contribution is -2.47. The van der Waals surface area contributed by atoms with Crippen LogP contribution in [0.5, 0.6) is 5.75 Å². The maximum absolute atomic E-state index is 12.0. The zero-order valence-electron chi connectivity index (χ0n) is 11.6. The molecule has 0 saturated heterocycles. The maximum Gasteiger partial charge on any atom is 0.387 e. The fourth-order valence-electron chi connectivity index (χ4n) is 2.18. The van der Waals surface area contributed by atoms with Gasteiger partial charge in [0.15, 0.2) is 0 Å². The number of rotatable bonds is 8. The Labute approximate surface area is 117 Å². The minimum Gasteiger partial charge on any atom is -0.435 e. The molecule has 112 valence electrons. The average Bonchev–Trinajstić information content (AvgIpc) is 3.21. The van der Waals surface area contributed by atoms with E-state index in [-0.39, 0.29) is 17.9 Å². The largest absolute Gasteiger partial charge is 0.435 e. The molecule has 1 saturated carbocycles. The number of aliphatic hydroxyl groups is 1. The number of aryl methyl sites for hydroxylation is 1. The van der Waals surface area contributed by atoms with Crippen molar-refractivity contribution >= 4 is 0 Å². The van der Waals surface area contributed by atoms with Crippen molar-refractivity contribution in [2.45, 2.75) is 50.8 Å². The van der Waals surface area contributed by atoms with Gasteiger partial charge in [0.1, 0.15) is 5.75 Å². The Morgan fingerprint density at radius 3 is 2.50 bits per heavy atom. The molecule has 1 fully saturated rings. The summed E-state index contributed by atoms with van der Waals surface area (Å²) < 4.78 is 28.4. The van der Waals surface area contributed by atoms with E-state index in [1.54, 1.807) is 24.3 Å². The van der Waals surface area contributed by atoms with E-state index >= 15 is 0 Å². The predicted octanol–water partition coefficient (Wildman–Crippen LogP) is 2.72. The van der Waals surface area contributed by atoms with Gasteiger partial charge >= 0.3 is 6.61 Å². The van der Waals surface area contributed by atoms with Crippen molar-refractivity contribution in [2.24, 2.45) is 0 Å². The van der Waals surface area contributed by atoms with Crippen molar-refractivity contribution < 1.29 is 18.6 Å². The summed E-state index contributed by atoms with van der Waals surface area (Å²) >= 11 is 0. The second kappa shape index (κ2) is 6.50. The minimum atomic E-state index is -2.79. The standard InChI is InChI=1S/C15H21F2NO2/c1-15(10-19,18-12-4-5-12)9-8-11-2-6-13(7-3-11)20-14(16)17/h2-3,6-7,12,14,18-19H,4-5,8-10H2,1H3. The van der Waals surface area contributed by atoms with Crippen molar-refractivity contribution in [3.8, 4) is 5.75 Å². The van der Waals surface area contributed by atoms with Gasteiger partial charge < -0.3 is 15.2 Å². The van der Waals surface area contributed by atoms with E-state index in [0.29, 0.717) is 6.04 Å². The summed E-state index contributed by atoms with van der Waals surface area (Å²) in [6.07, 6.45) is 3.94. The van der Waals surface area contributed by atoms with Gasteiger partial charge in [0.05, 0.1) is 6.61 Å². The molecule has 1 aliphatic carbocycles. The lowest BCUT2D eigenvalue weighted by atomic mass is 9.94. The third-order valence-electron chi connectivity index (χ3n) is 3.59. The van der Waals surface area contributed by atoms with Crippen molar-refractivity contribution in [1.29, 1.82) is 0 Å². The van der Waals surface area contributed by atoms with E-state index in [1.165, 1.54) is 12.8 Å². The quantitative estimate of drug-likeness (QED) is 0.771. The molecule has 0 radical (unpaired) electrons. The first kappa shape index (κ1) is 15.2. The highest BCUT2D eigenvalue weighted by atomic mass is 19.3. The lowest BCUT2D eigenvalue weighted by Gasteiger charge is -2.29. The Morgan fingerprint density at radius 1 is 1.35 bits per heavy atom. The number of halogens is 2. The predicted molar refractivity (Wildman–Crippen MR) is 73.0 cm³/mol. The highest BCUT2D eigenvalue weighted by molar-refractivity contribution is 5.27. The SMILES string of the molecule is CC(CO)(CCc1ccc(OC(F)F)cc1)NC1CC1. The van der Waals surface area contributed by atoms with Gasteiger partial charge in [-0.3, -0.25) is 0 Å². The molecule has 20 heavy (non-hydrogen) atoms. The summed E-state index contributed by atoms with van der Waals surface area (Å²) in [6, 6.07) is 7.20. The van der Waals surface area contributed by atoms with E-state index in [4.69, 9.17) is 0 Å². The molecular weight excluding hydrogens is 264 g/mol. The van der Waals surface area contributed by atoms with Crippen molar-refractivity contribution in [3.63, 3.8) is 0 Å². The van der Waals surface area contributed by atoms with Crippen molar-refractivity contribution in [1.82, 2.24) is 5.32 Å². The molecule has 1 aromatic carbocycles. The second-order valence-electron chi connectivity index (χ2n) is 5.66. The van der Waals surface area contributed by atoms with Crippen LogP contribution in [0.2, 0.25) is 0 Å². The van der Waals surface area contributed by atoms with Crippen LogP contribution >= 0.6 is 0 Å². The Balaban J connectivity index is 1.85. The van der Waals surface area contributed by atoms with Crippen LogP contribution in [0.1, 0.15) is 31.7 Å². The number of benzene rings is 1. The number of hydrogen-bond acceptors (Lipinski definition) is 3. The molecule has 0 bridgehead atoms. The molecule has 0 spiro atoms. The number of alkyl halides is 2. The zero-order valence-corrected chi connectivity index (χ0v) is 11.6. The zero-order chi connectivity index (χ0) is 14.6. The van der Waals surface area contributed by atoms with Gasteiger partial charge in [0.2, 0.25) is 0 Å². The Kier molecular flexibility index (Phi) is 4.94. The smallest absolute Gasteiger partial charge is 0.387 e. The van der Waals surface area contributed by atoms with Crippen LogP contribution in [0.3, 0.4) is 0 Å². The molecule has 0 heterocycles. The highest BCUT2D eigenvalue weighted by Crippen LogP contribution is 2.25. The minimum absolute atomic E-state index is 0.0933. The van der Waals surface area contributed by atoms with Crippen LogP contribution in [0.25, 0.3) is 0 Å². The van der Waals surface area contributed by atoms with Gasteiger partial charge in [-0.05, 0) is 50.3 Å². The topological polar surface area (TPSA) is 41.5 Å². The van der Waals surface area contributed by atoms with Gasteiger partial charge in [-0.1, -0.05) is 12.1 Å². The van der Waals surface area contributed by atoms with Crippen LogP contribution in [-0.4, -0.2) is 29.9 Å². The normalized spacial score (nSPS) is 18.1. The number of hydrogen-bond donors (Lipinski definition) is 2. The van der Waals surface area contributed by atoms with E-state index in [1.807, 2.05) is 6.92 Å². The van der Waals surface area contributed by atoms with Gasteiger partial charge in [0, 0.05) is 11.6 Å². The number of aliphatic hydroxyl groups excluding tert-OH is 1. The van der Waals surface area contributed by atoms with E-state index in [9.17, 15) is 13.9 Å². The average molecular weight is 285 g/mol. The molecule has 1 aliphatic rings. The van der Waals surface area contributed by atoms with Gasteiger partial charge in [-0.15, -0.1) is 0 Å². The molecule has 5 heteroatoms. The van der Waals surface area contributed by atoms with Crippen LogP contribution in [0, 0.1) is 0 Å². The summed E-state index contributed by atoms with van der Waals surface area (Å²) in [5.74, 6) is 0.171. The molecule has 2 N–H and O–H groups in total. The van der Waals surface area contributed by atoms with E-state index in [0.717, 1.165) is 18.4 Å². The van der Waals surface area contributed by atoms with Gasteiger partial charge in [-0.25, -0.2) is 0 Å². The Morgan fingerprint density at radius 2 is 2.00 bits per heavy atom. The molecule has 1 atom stereocenters. The fourth-order valence-corrected chi connectivity index (χ4v) is 2.18. The summed E-state index contributed by atoms with van der Waals surface area (Å²) in [5, 5.41) is 13.0. The Bertz CT molecular complexity index is 420. The first-order valence-electron chi connectivity index (χ1n) is 6.93. The lowest BCUT2D eigenvalue weighted by molar-refractivity contribution is -0.0498. The van der Waals surface area contributed by atoms with Gasteiger partial charge in [0.25, 0.3) is 0 Å². The molecule has 1 aromatic rings. The first-order chi connectivity index (χ1) is 9.50. The summed E-state index contributed by atoms with van der Waals surface area (Å²) in [6.45, 7) is -0.684. The molecule has 2 rings (SSSR count). The van der Waals surface area contributed by atoms with Crippen molar-refractivity contribution in [3.05, 3.63) is 29.8 Å². The number of ether oxygens (including phenoxy) is 1. The fraction of sp³-hybridized carbons (Fsp3) is 0.600. The van der Waals surface area contributed by atoms with Gasteiger partial charge in [-0.2, -0.15) is 8.78 Å². The van der Waals surface area contributed by atoms with E-state index < -0.39 is 6.61 Å². The first-order valence-corrected chi connectivity index (χ1v) is 6.93. The number of nitrogens with one attached hydrogen (secondary N) is 1. The monoisotopic (exact) mass is 285 g/mol. The molecule has 0 aromatic heterocycles. The molecule has 1 unspecified atom stereocenters. The maximum atomic E-state index is 12.0. The molecule has 0 aliphatic heterocycles. The highest BCUT2D eigenvalue weighted by Gasteiger charge is 2.31. The molecule has 3 nitrogen and oxygen atoms in total.